The Bertz CT molecular complexity index is 710. The summed E-state index contributed by atoms with van der Waals surface area (Å²) in [6.07, 6.45) is 7.95. The summed E-state index contributed by atoms with van der Waals surface area (Å²) in [6, 6.07) is 8.39. The Kier molecular flexibility index (Phi) is 7.90. The highest BCUT2D eigenvalue weighted by Gasteiger charge is 2.21. The molecule has 1 saturated carbocycles. The number of nitrogens with one attached hydrogen (secondary N) is 3. The van der Waals surface area contributed by atoms with Crippen molar-refractivity contribution in [3.63, 3.8) is 0 Å². The van der Waals surface area contributed by atoms with Gasteiger partial charge in [-0.1, -0.05) is 31.4 Å². The second kappa shape index (κ2) is 10.8. The number of hydrogen-bond acceptors (Lipinski definition) is 3. The average molecular weight is 400 g/mol. The molecule has 7 nitrogen and oxygen atoms in total. The van der Waals surface area contributed by atoms with Crippen molar-refractivity contribution >= 4 is 23.5 Å². The lowest BCUT2D eigenvalue weighted by Gasteiger charge is -2.22. The lowest BCUT2D eigenvalue weighted by atomic mass is 9.95. The fourth-order valence-corrected chi connectivity index (χ4v) is 3.96. The number of anilines is 1. The summed E-state index contributed by atoms with van der Waals surface area (Å²) in [5.74, 6) is 0.981. The van der Waals surface area contributed by atoms with E-state index in [4.69, 9.17) is 0 Å². The fourth-order valence-electron chi connectivity index (χ4n) is 3.96. The van der Waals surface area contributed by atoms with Crippen LogP contribution in [-0.4, -0.2) is 44.0 Å². The molecule has 1 heterocycles. The molecule has 0 unspecified atom stereocenters. The Morgan fingerprint density at radius 2 is 1.86 bits per heavy atom. The van der Waals surface area contributed by atoms with Gasteiger partial charge in [0, 0.05) is 51.3 Å². The summed E-state index contributed by atoms with van der Waals surface area (Å²) in [7, 11) is 1.72. The van der Waals surface area contributed by atoms with Crippen LogP contribution in [0.5, 0.6) is 0 Å². The van der Waals surface area contributed by atoms with Crippen LogP contribution < -0.4 is 20.9 Å². The van der Waals surface area contributed by atoms with E-state index in [2.05, 4.69) is 20.9 Å². The first-order valence-corrected chi connectivity index (χ1v) is 10.8. The first kappa shape index (κ1) is 21.1. The predicted molar refractivity (Wildman–Crippen MR) is 116 cm³/mol. The van der Waals surface area contributed by atoms with E-state index in [0.717, 1.165) is 37.1 Å². The minimum absolute atomic E-state index is 0.104. The van der Waals surface area contributed by atoms with Crippen molar-refractivity contribution in [2.75, 3.05) is 25.0 Å². The van der Waals surface area contributed by atoms with Gasteiger partial charge in [0.2, 0.25) is 11.8 Å². The minimum Gasteiger partial charge on any atom is -0.356 e. The molecule has 3 N–H and O–H groups in total. The van der Waals surface area contributed by atoms with Gasteiger partial charge in [0.15, 0.2) is 5.96 Å². The minimum atomic E-state index is 0.104. The van der Waals surface area contributed by atoms with Crippen LogP contribution in [0.2, 0.25) is 0 Å². The fraction of sp³-hybridized carbons (Fsp3) is 0.591. The van der Waals surface area contributed by atoms with E-state index in [9.17, 15) is 9.59 Å². The number of hydrogen-bond donors (Lipinski definition) is 3. The monoisotopic (exact) mass is 399 g/mol. The standard InChI is InChI=1S/C22H33N5O2/c1-23-22(24-14-13-20(28)26-18-6-3-2-4-7-18)25-16-17-9-11-19(12-10-17)27-15-5-8-21(27)29/h9-12,18H,2-8,13-16H2,1H3,(H,26,28)(H2,23,24,25). The van der Waals surface area contributed by atoms with Gasteiger partial charge < -0.3 is 20.9 Å². The molecule has 0 atom stereocenters. The molecule has 29 heavy (non-hydrogen) atoms. The molecule has 7 heteroatoms. The molecule has 1 aromatic carbocycles. The maximum Gasteiger partial charge on any atom is 0.227 e. The van der Waals surface area contributed by atoms with Gasteiger partial charge >= 0.3 is 0 Å². The van der Waals surface area contributed by atoms with Gasteiger partial charge in [0.1, 0.15) is 0 Å². The molecule has 2 fully saturated rings. The molecule has 1 aliphatic heterocycles. The van der Waals surface area contributed by atoms with Crippen LogP contribution in [0.25, 0.3) is 0 Å². The second-order valence-corrected chi connectivity index (χ2v) is 7.82. The molecule has 2 aliphatic rings. The van der Waals surface area contributed by atoms with Crippen molar-refractivity contribution in [3.05, 3.63) is 29.8 Å². The highest BCUT2D eigenvalue weighted by Crippen LogP contribution is 2.21. The van der Waals surface area contributed by atoms with E-state index in [1.807, 2.05) is 29.2 Å². The summed E-state index contributed by atoms with van der Waals surface area (Å²) >= 11 is 0. The predicted octanol–water partition coefficient (Wildman–Crippen LogP) is 2.32. The molecular weight excluding hydrogens is 366 g/mol. The Morgan fingerprint density at radius 3 is 2.52 bits per heavy atom. The lowest BCUT2D eigenvalue weighted by Crippen LogP contribution is -2.41. The number of guanidine groups is 1. The molecule has 1 aliphatic carbocycles. The highest BCUT2D eigenvalue weighted by atomic mass is 16.2. The molecule has 1 saturated heterocycles. The number of aliphatic imine (C=N–C) groups is 1. The second-order valence-electron chi connectivity index (χ2n) is 7.82. The van der Waals surface area contributed by atoms with Gasteiger partial charge in [0.05, 0.1) is 0 Å². The first-order valence-electron chi connectivity index (χ1n) is 10.8. The van der Waals surface area contributed by atoms with Crippen molar-refractivity contribution in [1.82, 2.24) is 16.0 Å². The van der Waals surface area contributed by atoms with Crippen LogP contribution in [0.3, 0.4) is 0 Å². The number of carbonyl (C=O) groups is 2. The maximum absolute atomic E-state index is 12.1. The average Bonchev–Trinajstić information content (AvgIpc) is 3.17. The van der Waals surface area contributed by atoms with E-state index >= 15 is 0 Å². The summed E-state index contributed by atoms with van der Waals surface area (Å²) in [5, 5.41) is 9.59. The molecule has 2 amide bonds. The number of nitrogens with zero attached hydrogens (tertiary/aromatic N) is 2. The zero-order chi connectivity index (χ0) is 20.5. The molecule has 158 valence electrons. The van der Waals surface area contributed by atoms with Gasteiger partial charge in [-0.2, -0.15) is 0 Å². The van der Waals surface area contributed by atoms with E-state index < -0.39 is 0 Å². The number of benzene rings is 1. The number of rotatable bonds is 7. The summed E-state index contributed by atoms with van der Waals surface area (Å²) < 4.78 is 0. The van der Waals surface area contributed by atoms with Crippen LogP contribution in [0.4, 0.5) is 5.69 Å². The van der Waals surface area contributed by atoms with Crippen LogP contribution in [0, 0.1) is 0 Å². The topological polar surface area (TPSA) is 85.8 Å². The largest absolute Gasteiger partial charge is 0.356 e. The summed E-state index contributed by atoms with van der Waals surface area (Å²) in [6.45, 7) is 1.98. The van der Waals surface area contributed by atoms with E-state index in [1.165, 1.54) is 19.3 Å². The maximum atomic E-state index is 12.1. The molecule has 0 bridgehead atoms. The third-order valence-electron chi connectivity index (χ3n) is 5.62. The van der Waals surface area contributed by atoms with Crippen LogP contribution in [-0.2, 0) is 16.1 Å². The number of carbonyl (C=O) groups excluding carboxylic acids is 2. The van der Waals surface area contributed by atoms with Crippen molar-refractivity contribution in [2.45, 2.75) is 64.0 Å². The Balaban J connectivity index is 1.36. The quantitative estimate of drug-likeness (QED) is 0.485. The van der Waals surface area contributed by atoms with E-state index in [0.29, 0.717) is 37.9 Å². The lowest BCUT2D eigenvalue weighted by molar-refractivity contribution is -0.122. The summed E-state index contributed by atoms with van der Waals surface area (Å²) in [5.41, 5.74) is 2.07. The van der Waals surface area contributed by atoms with E-state index in [1.54, 1.807) is 7.05 Å². The van der Waals surface area contributed by atoms with Crippen molar-refractivity contribution in [2.24, 2.45) is 4.99 Å². The molecule has 3 rings (SSSR count). The van der Waals surface area contributed by atoms with Gasteiger partial charge in [-0.05, 0) is 37.0 Å². The van der Waals surface area contributed by atoms with Gasteiger partial charge in [-0.25, -0.2) is 0 Å². The molecule has 1 aromatic rings. The molecule has 0 radical (unpaired) electrons. The Labute approximate surface area is 173 Å². The van der Waals surface area contributed by atoms with Gasteiger partial charge in [-0.15, -0.1) is 0 Å². The Morgan fingerprint density at radius 1 is 1.10 bits per heavy atom. The SMILES string of the molecule is CN=C(NCCC(=O)NC1CCCCC1)NCc1ccc(N2CCCC2=O)cc1. The van der Waals surface area contributed by atoms with E-state index in [-0.39, 0.29) is 11.8 Å². The van der Waals surface area contributed by atoms with Crippen molar-refractivity contribution in [1.29, 1.82) is 0 Å². The Hall–Kier alpha value is -2.57. The zero-order valence-electron chi connectivity index (χ0n) is 17.4. The van der Waals surface area contributed by atoms with Crippen molar-refractivity contribution < 1.29 is 9.59 Å². The zero-order valence-corrected chi connectivity index (χ0v) is 17.4. The van der Waals surface area contributed by atoms with Crippen LogP contribution in [0.15, 0.2) is 29.3 Å². The summed E-state index contributed by atoms with van der Waals surface area (Å²) in [4.78, 5) is 30.0. The highest BCUT2D eigenvalue weighted by molar-refractivity contribution is 5.95. The smallest absolute Gasteiger partial charge is 0.227 e. The van der Waals surface area contributed by atoms with Gasteiger partial charge in [0.25, 0.3) is 0 Å². The third kappa shape index (κ3) is 6.48. The molecular formula is C22H33N5O2. The third-order valence-corrected chi connectivity index (χ3v) is 5.62. The first-order chi connectivity index (χ1) is 14.2. The molecule has 0 spiro atoms. The van der Waals surface area contributed by atoms with Crippen molar-refractivity contribution in [3.8, 4) is 0 Å². The number of amides is 2. The van der Waals surface area contributed by atoms with Crippen LogP contribution in [0.1, 0.15) is 56.9 Å². The van der Waals surface area contributed by atoms with Gasteiger partial charge in [-0.3, -0.25) is 14.6 Å². The normalized spacial score (nSPS) is 18.0. The molecule has 0 aromatic heterocycles. The van der Waals surface area contributed by atoms with Crippen LogP contribution >= 0.6 is 0 Å².